The highest BCUT2D eigenvalue weighted by atomic mass is 16.5. The first-order chi connectivity index (χ1) is 9.76. The van der Waals surface area contributed by atoms with Crippen LogP contribution in [0, 0.1) is 0 Å². The predicted octanol–water partition coefficient (Wildman–Crippen LogP) is 2.52. The number of methoxy groups -OCH3 is 1. The zero-order valence-electron chi connectivity index (χ0n) is 11.1. The van der Waals surface area contributed by atoms with Crippen LogP contribution in [0.5, 0.6) is 5.75 Å². The summed E-state index contributed by atoms with van der Waals surface area (Å²) in [5.41, 5.74) is 0.976. The van der Waals surface area contributed by atoms with E-state index in [4.69, 9.17) is 4.74 Å². The van der Waals surface area contributed by atoms with Crippen molar-refractivity contribution in [2.45, 2.75) is 6.42 Å². The Kier molecular flexibility index (Phi) is 3.21. The molecule has 0 spiro atoms. The number of hydrogen-bond acceptors (Lipinski definition) is 3. The maximum atomic E-state index is 11.3. The number of H-pyrrole nitrogens is 1. The zero-order valence-corrected chi connectivity index (χ0v) is 11.1. The zero-order chi connectivity index (χ0) is 13.9. The van der Waals surface area contributed by atoms with Crippen LogP contribution in [0.1, 0.15) is 11.4 Å². The average Bonchev–Trinajstić information content (AvgIpc) is 2.47. The number of ether oxygens (including phenoxy) is 1. The molecular weight excluding hydrogens is 252 g/mol. The van der Waals surface area contributed by atoms with Gasteiger partial charge in [0, 0.05) is 18.7 Å². The molecule has 4 nitrogen and oxygen atoms in total. The second-order valence-corrected chi connectivity index (χ2v) is 4.56. The van der Waals surface area contributed by atoms with Crippen LogP contribution in [0.4, 0.5) is 0 Å². The SMILES string of the molecule is COc1ccc2cccc(Cc3nccc(=O)[nH]3)c2c1. The summed E-state index contributed by atoms with van der Waals surface area (Å²) in [6, 6.07) is 13.5. The van der Waals surface area contributed by atoms with Crippen LogP contribution in [0.3, 0.4) is 0 Å². The Balaban J connectivity index is 2.08. The molecule has 0 aliphatic rings. The Morgan fingerprint density at radius 3 is 2.90 bits per heavy atom. The van der Waals surface area contributed by atoms with E-state index in [1.165, 1.54) is 12.3 Å². The van der Waals surface area contributed by atoms with E-state index in [2.05, 4.69) is 16.0 Å². The molecule has 4 heteroatoms. The van der Waals surface area contributed by atoms with Crippen molar-refractivity contribution in [3.63, 3.8) is 0 Å². The van der Waals surface area contributed by atoms with Gasteiger partial charge in [-0.1, -0.05) is 24.3 Å². The van der Waals surface area contributed by atoms with Gasteiger partial charge in [-0.2, -0.15) is 0 Å². The number of rotatable bonds is 3. The lowest BCUT2D eigenvalue weighted by atomic mass is 10.0. The maximum absolute atomic E-state index is 11.3. The average molecular weight is 266 g/mol. The van der Waals surface area contributed by atoms with Gasteiger partial charge in [-0.05, 0) is 28.5 Å². The first-order valence-electron chi connectivity index (χ1n) is 6.36. The predicted molar refractivity (Wildman–Crippen MR) is 78.2 cm³/mol. The van der Waals surface area contributed by atoms with Gasteiger partial charge >= 0.3 is 0 Å². The topological polar surface area (TPSA) is 55.0 Å². The van der Waals surface area contributed by atoms with Crippen LogP contribution in [0.25, 0.3) is 10.8 Å². The second kappa shape index (κ2) is 5.17. The Morgan fingerprint density at radius 2 is 2.10 bits per heavy atom. The van der Waals surface area contributed by atoms with Crippen molar-refractivity contribution in [3.05, 3.63) is 70.4 Å². The highest BCUT2D eigenvalue weighted by Crippen LogP contribution is 2.25. The van der Waals surface area contributed by atoms with Gasteiger partial charge in [-0.3, -0.25) is 4.79 Å². The lowest BCUT2D eigenvalue weighted by molar-refractivity contribution is 0.415. The van der Waals surface area contributed by atoms with Crippen LogP contribution >= 0.6 is 0 Å². The molecule has 0 aliphatic carbocycles. The smallest absolute Gasteiger partial charge is 0.250 e. The maximum Gasteiger partial charge on any atom is 0.250 e. The Morgan fingerprint density at radius 1 is 1.20 bits per heavy atom. The normalized spacial score (nSPS) is 10.7. The number of benzene rings is 2. The van der Waals surface area contributed by atoms with E-state index in [-0.39, 0.29) is 5.56 Å². The van der Waals surface area contributed by atoms with Gasteiger partial charge in [-0.25, -0.2) is 4.98 Å². The molecule has 0 saturated carbocycles. The molecule has 0 aliphatic heterocycles. The second-order valence-electron chi connectivity index (χ2n) is 4.56. The molecule has 0 amide bonds. The van der Waals surface area contributed by atoms with Crippen LogP contribution in [-0.4, -0.2) is 17.1 Å². The number of fused-ring (bicyclic) bond motifs is 1. The summed E-state index contributed by atoms with van der Waals surface area (Å²) >= 11 is 0. The molecule has 0 saturated heterocycles. The first kappa shape index (κ1) is 12.4. The molecule has 1 heterocycles. The number of aromatic amines is 1. The van der Waals surface area contributed by atoms with E-state index in [0.29, 0.717) is 12.2 Å². The molecule has 1 N–H and O–H groups in total. The Bertz CT molecular complexity index is 809. The third kappa shape index (κ3) is 2.40. The van der Waals surface area contributed by atoms with Crippen LogP contribution < -0.4 is 10.3 Å². The summed E-state index contributed by atoms with van der Waals surface area (Å²) < 4.78 is 5.27. The molecule has 100 valence electrons. The highest BCUT2D eigenvalue weighted by molar-refractivity contribution is 5.87. The fourth-order valence-electron chi connectivity index (χ4n) is 2.28. The molecule has 0 bridgehead atoms. The fourth-order valence-corrected chi connectivity index (χ4v) is 2.28. The van der Waals surface area contributed by atoms with E-state index in [9.17, 15) is 4.79 Å². The minimum atomic E-state index is -0.132. The molecule has 0 unspecified atom stereocenters. The van der Waals surface area contributed by atoms with Gasteiger partial charge in [0.05, 0.1) is 7.11 Å². The quantitative estimate of drug-likeness (QED) is 0.792. The highest BCUT2D eigenvalue weighted by Gasteiger charge is 2.05. The van der Waals surface area contributed by atoms with E-state index in [1.54, 1.807) is 7.11 Å². The van der Waals surface area contributed by atoms with Crippen molar-refractivity contribution in [3.8, 4) is 5.75 Å². The number of nitrogens with one attached hydrogen (secondary N) is 1. The van der Waals surface area contributed by atoms with Crippen LogP contribution in [0.15, 0.2) is 53.5 Å². The minimum Gasteiger partial charge on any atom is -0.497 e. The summed E-state index contributed by atoms with van der Waals surface area (Å²) in [5.74, 6) is 1.48. The first-order valence-corrected chi connectivity index (χ1v) is 6.36. The van der Waals surface area contributed by atoms with Crippen LogP contribution in [0.2, 0.25) is 0 Å². The van der Waals surface area contributed by atoms with Gasteiger partial charge in [0.25, 0.3) is 5.56 Å². The Labute approximate surface area is 116 Å². The van der Waals surface area contributed by atoms with Gasteiger partial charge < -0.3 is 9.72 Å². The molecule has 3 rings (SSSR count). The molecule has 0 fully saturated rings. The van der Waals surface area contributed by atoms with Crippen LogP contribution in [-0.2, 0) is 6.42 Å². The minimum absolute atomic E-state index is 0.132. The van der Waals surface area contributed by atoms with Gasteiger partial charge in [0.1, 0.15) is 11.6 Å². The lowest BCUT2D eigenvalue weighted by Crippen LogP contribution is -2.09. The van der Waals surface area contributed by atoms with E-state index < -0.39 is 0 Å². The molecule has 0 radical (unpaired) electrons. The van der Waals surface area contributed by atoms with Crippen molar-refractivity contribution in [1.82, 2.24) is 9.97 Å². The third-order valence-electron chi connectivity index (χ3n) is 3.26. The van der Waals surface area contributed by atoms with Gasteiger partial charge in [0.2, 0.25) is 0 Å². The Hall–Kier alpha value is -2.62. The van der Waals surface area contributed by atoms with Crippen molar-refractivity contribution in [1.29, 1.82) is 0 Å². The van der Waals surface area contributed by atoms with E-state index in [0.717, 1.165) is 22.1 Å². The third-order valence-corrected chi connectivity index (χ3v) is 3.26. The summed E-state index contributed by atoms with van der Waals surface area (Å²) in [7, 11) is 1.65. The molecule has 0 atom stereocenters. The number of hydrogen-bond donors (Lipinski definition) is 1. The number of aromatic nitrogens is 2. The van der Waals surface area contributed by atoms with Gasteiger partial charge in [0.15, 0.2) is 0 Å². The lowest BCUT2D eigenvalue weighted by Gasteiger charge is -2.08. The summed E-state index contributed by atoms with van der Waals surface area (Å²) in [6.07, 6.45) is 2.11. The van der Waals surface area contributed by atoms with Gasteiger partial charge in [-0.15, -0.1) is 0 Å². The molecule has 3 aromatic rings. The summed E-state index contributed by atoms with van der Waals surface area (Å²) in [6.45, 7) is 0. The molecular formula is C16H14N2O2. The largest absolute Gasteiger partial charge is 0.497 e. The van der Waals surface area contributed by atoms with E-state index in [1.807, 2.05) is 30.3 Å². The monoisotopic (exact) mass is 266 g/mol. The molecule has 20 heavy (non-hydrogen) atoms. The molecule has 1 aromatic heterocycles. The molecule has 2 aromatic carbocycles. The van der Waals surface area contributed by atoms with Crippen molar-refractivity contribution < 1.29 is 4.74 Å². The number of nitrogens with zero attached hydrogens (tertiary/aromatic N) is 1. The van der Waals surface area contributed by atoms with Crippen molar-refractivity contribution in [2.24, 2.45) is 0 Å². The standard InChI is InChI=1S/C16H14N2O2/c1-20-13-6-5-11-3-2-4-12(14(11)10-13)9-15-17-8-7-16(19)18-15/h2-8,10H,9H2,1H3,(H,17,18,19). The fraction of sp³-hybridized carbons (Fsp3) is 0.125. The summed E-state index contributed by atoms with van der Waals surface area (Å²) in [5, 5.41) is 2.25. The van der Waals surface area contributed by atoms with Crippen molar-refractivity contribution in [2.75, 3.05) is 7.11 Å². The van der Waals surface area contributed by atoms with Crippen molar-refractivity contribution >= 4 is 10.8 Å². The summed E-state index contributed by atoms with van der Waals surface area (Å²) in [4.78, 5) is 18.3. The van der Waals surface area contributed by atoms with E-state index >= 15 is 0 Å².